The molecule has 0 saturated carbocycles. The second kappa shape index (κ2) is 8.38. The number of benzene rings is 2. The molecule has 1 atom stereocenters. The Balaban J connectivity index is 1.88. The summed E-state index contributed by atoms with van der Waals surface area (Å²) < 4.78 is 10.8. The van der Waals surface area contributed by atoms with Gasteiger partial charge in [-0.3, -0.25) is 19.7 Å². The van der Waals surface area contributed by atoms with E-state index in [4.69, 9.17) is 9.15 Å². The van der Waals surface area contributed by atoms with Gasteiger partial charge in [-0.15, -0.1) is 0 Å². The summed E-state index contributed by atoms with van der Waals surface area (Å²) in [5.74, 6) is -1.22. The van der Waals surface area contributed by atoms with Crippen molar-refractivity contribution in [1.82, 2.24) is 4.90 Å². The van der Waals surface area contributed by atoms with E-state index in [1.165, 1.54) is 42.5 Å². The van der Waals surface area contributed by atoms with Crippen molar-refractivity contribution in [1.29, 1.82) is 0 Å². The zero-order chi connectivity index (χ0) is 22.8. The first-order chi connectivity index (χ1) is 15.4. The quantitative estimate of drug-likeness (QED) is 0.206. The lowest BCUT2D eigenvalue weighted by Gasteiger charge is -2.25. The summed E-state index contributed by atoms with van der Waals surface area (Å²) in [6.07, 6.45) is 1.46. The number of amides is 1. The first kappa shape index (κ1) is 20.9. The summed E-state index contributed by atoms with van der Waals surface area (Å²) in [5.41, 5.74) is 0.372. The predicted molar refractivity (Wildman–Crippen MR) is 113 cm³/mol. The standard InChI is InChI=1S/C23H18N2O7/c1-31-18-7-3-2-6-17(18)20-19(21(26)14-8-10-15(11-9-14)25(29)30)22(27)23(28)24(20)13-16-5-4-12-32-16/h2-12,20,26H,13H2,1H3/b21-19+. The van der Waals surface area contributed by atoms with Gasteiger partial charge in [0.05, 0.1) is 36.5 Å². The number of carbonyl (C=O) groups excluding carboxylic acids is 2. The van der Waals surface area contributed by atoms with Gasteiger partial charge in [-0.05, 0) is 30.3 Å². The van der Waals surface area contributed by atoms with Crippen molar-refractivity contribution in [2.45, 2.75) is 12.6 Å². The van der Waals surface area contributed by atoms with Gasteiger partial charge in [-0.2, -0.15) is 0 Å². The molecule has 1 N–H and O–H groups in total. The maximum atomic E-state index is 13.0. The Morgan fingerprint density at radius 3 is 2.47 bits per heavy atom. The van der Waals surface area contributed by atoms with Crippen molar-refractivity contribution in [3.05, 3.63) is 99.5 Å². The van der Waals surface area contributed by atoms with Crippen molar-refractivity contribution in [3.63, 3.8) is 0 Å². The smallest absolute Gasteiger partial charge is 0.296 e. The zero-order valence-corrected chi connectivity index (χ0v) is 16.9. The van der Waals surface area contributed by atoms with Gasteiger partial charge in [0.25, 0.3) is 17.4 Å². The number of furan rings is 1. The molecule has 1 amide bonds. The Hall–Kier alpha value is -4.40. The van der Waals surface area contributed by atoms with Gasteiger partial charge in [0.2, 0.25) is 0 Å². The number of nitro benzene ring substituents is 1. The van der Waals surface area contributed by atoms with E-state index in [1.54, 1.807) is 36.4 Å². The third kappa shape index (κ3) is 3.60. The van der Waals surface area contributed by atoms with Gasteiger partial charge in [-0.25, -0.2) is 0 Å². The largest absolute Gasteiger partial charge is 0.507 e. The van der Waals surface area contributed by atoms with Crippen molar-refractivity contribution in [2.75, 3.05) is 7.11 Å². The molecule has 1 aliphatic heterocycles. The average molecular weight is 434 g/mol. The van der Waals surface area contributed by atoms with Crippen LogP contribution in [0.1, 0.15) is 22.9 Å². The van der Waals surface area contributed by atoms with Crippen LogP contribution in [0.4, 0.5) is 5.69 Å². The van der Waals surface area contributed by atoms with Gasteiger partial charge in [0.1, 0.15) is 17.3 Å². The summed E-state index contributed by atoms with van der Waals surface area (Å²) in [5, 5.41) is 22.0. The SMILES string of the molecule is COc1ccccc1C1/C(=C(\O)c2ccc([N+](=O)[O-])cc2)C(=O)C(=O)N1Cc1ccco1. The van der Waals surface area contributed by atoms with Gasteiger partial charge in [-0.1, -0.05) is 18.2 Å². The Kier molecular flexibility index (Phi) is 5.46. The number of non-ortho nitro benzene ring substituents is 1. The van der Waals surface area contributed by atoms with E-state index in [2.05, 4.69) is 0 Å². The number of nitrogens with zero attached hydrogens (tertiary/aromatic N) is 2. The summed E-state index contributed by atoms with van der Waals surface area (Å²) in [6.45, 7) is -0.00265. The monoisotopic (exact) mass is 434 g/mol. The summed E-state index contributed by atoms with van der Waals surface area (Å²) in [4.78, 5) is 37.7. The summed E-state index contributed by atoms with van der Waals surface area (Å²) >= 11 is 0. The molecule has 1 aliphatic rings. The van der Waals surface area contributed by atoms with Crippen LogP contribution in [0.2, 0.25) is 0 Å². The number of ether oxygens (including phenoxy) is 1. The topological polar surface area (TPSA) is 123 Å². The molecule has 2 heterocycles. The van der Waals surface area contributed by atoms with Crippen LogP contribution in [0.5, 0.6) is 5.75 Å². The molecule has 1 unspecified atom stereocenters. The maximum Gasteiger partial charge on any atom is 0.296 e. The molecule has 0 aliphatic carbocycles. The molecule has 9 nitrogen and oxygen atoms in total. The normalized spacial score (nSPS) is 17.5. The fourth-order valence-corrected chi connectivity index (χ4v) is 3.73. The van der Waals surface area contributed by atoms with Gasteiger partial charge in [0, 0.05) is 23.3 Å². The summed E-state index contributed by atoms with van der Waals surface area (Å²) in [7, 11) is 1.47. The lowest BCUT2D eigenvalue weighted by atomic mass is 9.94. The number of likely N-dealkylation sites (tertiary alicyclic amines) is 1. The molecule has 9 heteroatoms. The molecule has 0 spiro atoms. The highest BCUT2D eigenvalue weighted by Crippen LogP contribution is 2.43. The number of hydrogen-bond donors (Lipinski definition) is 1. The number of para-hydroxylation sites is 1. The lowest BCUT2D eigenvalue weighted by molar-refractivity contribution is -0.384. The fraction of sp³-hybridized carbons (Fsp3) is 0.130. The number of aliphatic hydroxyl groups is 1. The molecule has 3 aromatic rings. The van der Waals surface area contributed by atoms with Gasteiger partial charge >= 0.3 is 0 Å². The minimum Gasteiger partial charge on any atom is -0.507 e. The molecular formula is C23H18N2O7. The highest BCUT2D eigenvalue weighted by molar-refractivity contribution is 6.46. The van der Waals surface area contributed by atoms with Crippen LogP contribution in [0.15, 0.2) is 76.9 Å². The molecular weight excluding hydrogens is 416 g/mol. The Morgan fingerprint density at radius 2 is 1.84 bits per heavy atom. The van der Waals surface area contributed by atoms with Crippen molar-refractivity contribution >= 4 is 23.1 Å². The van der Waals surface area contributed by atoms with E-state index >= 15 is 0 Å². The van der Waals surface area contributed by atoms with Crippen molar-refractivity contribution < 1.29 is 28.8 Å². The molecule has 0 radical (unpaired) electrons. The number of Topliss-reactive ketones (excluding diaryl/α,β-unsaturated/α-hetero) is 1. The molecule has 1 aromatic heterocycles. The number of carbonyl (C=O) groups is 2. The lowest BCUT2D eigenvalue weighted by Crippen LogP contribution is -2.29. The Morgan fingerprint density at radius 1 is 1.12 bits per heavy atom. The maximum absolute atomic E-state index is 13.0. The van der Waals surface area contributed by atoms with Crippen LogP contribution in [-0.2, 0) is 16.1 Å². The highest BCUT2D eigenvalue weighted by atomic mass is 16.6. The number of nitro groups is 1. The molecule has 162 valence electrons. The predicted octanol–water partition coefficient (Wildman–Crippen LogP) is 3.82. The second-order valence-electron chi connectivity index (χ2n) is 7.05. The Labute approximate surface area is 182 Å². The molecule has 4 rings (SSSR count). The fourth-order valence-electron chi connectivity index (χ4n) is 3.73. The van der Waals surface area contributed by atoms with Gasteiger partial charge < -0.3 is 19.2 Å². The minimum atomic E-state index is -0.952. The van der Waals surface area contributed by atoms with E-state index in [9.17, 15) is 24.8 Å². The van der Waals surface area contributed by atoms with E-state index in [-0.39, 0.29) is 23.4 Å². The molecule has 2 aromatic carbocycles. The molecule has 32 heavy (non-hydrogen) atoms. The van der Waals surface area contributed by atoms with E-state index in [0.29, 0.717) is 17.1 Å². The van der Waals surface area contributed by atoms with Crippen LogP contribution in [-0.4, -0.2) is 33.7 Å². The Bertz CT molecular complexity index is 1210. The van der Waals surface area contributed by atoms with E-state index in [0.717, 1.165) is 0 Å². The number of methoxy groups -OCH3 is 1. The second-order valence-corrected chi connectivity index (χ2v) is 7.05. The number of aliphatic hydroxyl groups excluding tert-OH is 1. The highest BCUT2D eigenvalue weighted by Gasteiger charge is 2.47. The minimum absolute atomic E-state index is 0.00265. The number of ketones is 1. The van der Waals surface area contributed by atoms with Crippen molar-refractivity contribution in [3.8, 4) is 5.75 Å². The van der Waals surface area contributed by atoms with Crippen LogP contribution in [0.25, 0.3) is 5.76 Å². The van der Waals surface area contributed by atoms with Gasteiger partial charge in [0.15, 0.2) is 0 Å². The molecule has 0 bridgehead atoms. The third-order valence-corrected chi connectivity index (χ3v) is 5.23. The zero-order valence-electron chi connectivity index (χ0n) is 16.9. The number of hydrogen-bond acceptors (Lipinski definition) is 7. The van der Waals surface area contributed by atoms with Crippen LogP contribution < -0.4 is 4.74 Å². The molecule has 1 saturated heterocycles. The molecule has 1 fully saturated rings. The van der Waals surface area contributed by atoms with Crippen molar-refractivity contribution in [2.24, 2.45) is 0 Å². The van der Waals surface area contributed by atoms with E-state index < -0.39 is 28.4 Å². The first-order valence-electron chi connectivity index (χ1n) is 9.61. The third-order valence-electron chi connectivity index (χ3n) is 5.23. The first-order valence-corrected chi connectivity index (χ1v) is 9.61. The average Bonchev–Trinajstić information content (AvgIpc) is 3.41. The number of rotatable bonds is 6. The van der Waals surface area contributed by atoms with Crippen LogP contribution in [0.3, 0.4) is 0 Å². The van der Waals surface area contributed by atoms with Crippen LogP contribution in [0, 0.1) is 10.1 Å². The van der Waals surface area contributed by atoms with E-state index in [1.807, 2.05) is 0 Å². The van der Waals surface area contributed by atoms with Crippen LogP contribution >= 0.6 is 0 Å². The summed E-state index contributed by atoms with van der Waals surface area (Å²) in [6, 6.07) is 14.3.